The van der Waals surface area contributed by atoms with Crippen LogP contribution in [0.2, 0.25) is 0 Å². The van der Waals surface area contributed by atoms with Gasteiger partial charge < -0.3 is 9.11 Å². The van der Waals surface area contributed by atoms with E-state index in [-0.39, 0.29) is 94.5 Å². The van der Waals surface area contributed by atoms with Crippen molar-refractivity contribution < 1.29 is 102 Å². The van der Waals surface area contributed by atoms with Gasteiger partial charge in [0.1, 0.15) is 20.2 Å². The number of anilines is 2. The van der Waals surface area contributed by atoms with Crippen LogP contribution in [-0.2, 0) is 53.1 Å². The fourth-order valence-electron chi connectivity index (χ4n) is 2.81. The minimum atomic E-state index is -5.02. The fraction of sp³-hybridized carbons (Fsp3) is 0.250. The second kappa shape index (κ2) is 12.3. The van der Waals surface area contributed by atoms with Gasteiger partial charge in [0.15, 0.2) is 0 Å². The van der Waals surface area contributed by atoms with E-state index in [9.17, 15) is 42.8 Å². The number of hydrogen-bond donors (Lipinski definition) is 2. The number of rotatable bonds is 9. The predicted molar refractivity (Wildman–Crippen MR) is 113 cm³/mol. The van der Waals surface area contributed by atoms with E-state index in [1.807, 2.05) is 9.44 Å². The molecule has 2 N–H and O–H groups in total. The molecule has 2 aromatic carbocycles. The van der Waals surface area contributed by atoms with Gasteiger partial charge in [0.05, 0.1) is 22.3 Å². The van der Waals surface area contributed by atoms with Crippen molar-refractivity contribution in [1.29, 1.82) is 0 Å². The van der Waals surface area contributed by atoms with Crippen molar-refractivity contribution in [2.75, 3.05) is 22.0 Å². The van der Waals surface area contributed by atoms with Crippen LogP contribution < -0.4 is 68.6 Å². The SMILES string of the molecule is CS(=O)(=O)Nc1ccc(CCc2ccc(NS(C)(=O)=O)cc2S(=O)(=O)[O-])c(S(=O)(=O)[O-])c1.[Na+].[Na+]. The molecule has 12 nitrogen and oxygen atoms in total. The number of sulfonamides is 2. The van der Waals surface area contributed by atoms with E-state index in [0.29, 0.717) is 0 Å². The number of nitrogens with one attached hydrogen (secondary N) is 2. The third kappa shape index (κ3) is 10.8. The molecule has 0 spiro atoms. The van der Waals surface area contributed by atoms with Crippen LogP contribution in [0.25, 0.3) is 0 Å². The van der Waals surface area contributed by atoms with Gasteiger partial charge in [-0.2, -0.15) is 0 Å². The van der Waals surface area contributed by atoms with Crippen molar-refractivity contribution in [1.82, 2.24) is 0 Å². The van der Waals surface area contributed by atoms with Crippen molar-refractivity contribution in [3.05, 3.63) is 47.5 Å². The minimum Gasteiger partial charge on any atom is -0.744 e. The van der Waals surface area contributed by atoms with Gasteiger partial charge in [-0.25, -0.2) is 33.7 Å². The Labute approximate surface area is 243 Å². The summed E-state index contributed by atoms with van der Waals surface area (Å²) in [6.45, 7) is 0. The molecule has 18 heteroatoms. The second-order valence-corrected chi connectivity index (χ2v) is 13.0. The van der Waals surface area contributed by atoms with Crippen LogP contribution in [0, 0.1) is 0 Å². The molecule has 178 valence electrons. The maximum absolute atomic E-state index is 11.6. The first-order valence-corrected chi connectivity index (χ1v) is 15.1. The molecule has 0 aromatic heterocycles. The second-order valence-electron chi connectivity index (χ2n) is 6.80. The molecule has 2 aromatic rings. The normalized spacial score (nSPS) is 12.2. The summed E-state index contributed by atoms with van der Waals surface area (Å²) in [5.74, 6) is 0. The predicted octanol–water partition coefficient (Wildman–Crippen LogP) is -5.97. The molecule has 0 saturated carbocycles. The van der Waals surface area contributed by atoms with E-state index in [1.165, 1.54) is 24.3 Å². The zero-order valence-corrected chi connectivity index (χ0v) is 25.9. The average molecular weight is 573 g/mol. The molecular formula is C16H18N2Na2O10S4. The molecule has 0 fully saturated rings. The van der Waals surface area contributed by atoms with Crippen LogP contribution >= 0.6 is 0 Å². The Balaban J connectivity index is 0.00000544. The summed E-state index contributed by atoms with van der Waals surface area (Å²) in [6.07, 6.45) is 1.27. The van der Waals surface area contributed by atoms with Crippen molar-refractivity contribution in [2.45, 2.75) is 22.6 Å². The van der Waals surface area contributed by atoms with Crippen LogP contribution in [0.15, 0.2) is 46.2 Å². The summed E-state index contributed by atoms with van der Waals surface area (Å²) in [7, 11) is -17.5. The van der Waals surface area contributed by atoms with Crippen molar-refractivity contribution in [3.8, 4) is 0 Å². The van der Waals surface area contributed by atoms with Gasteiger partial charge in [-0.15, -0.1) is 0 Å². The van der Waals surface area contributed by atoms with Crippen LogP contribution in [0.4, 0.5) is 11.4 Å². The van der Waals surface area contributed by atoms with Crippen molar-refractivity contribution in [3.63, 3.8) is 0 Å². The summed E-state index contributed by atoms with van der Waals surface area (Å²) in [5, 5.41) is 0. The first-order chi connectivity index (χ1) is 14.4. The quantitative estimate of drug-likeness (QED) is 0.215. The third-order valence-corrected chi connectivity index (χ3v) is 6.99. The van der Waals surface area contributed by atoms with E-state index < -0.39 is 50.1 Å². The largest absolute Gasteiger partial charge is 1.00 e. The Morgan fingerprint density at radius 1 is 0.618 bits per heavy atom. The Kier molecular flexibility index (Phi) is 12.2. The molecule has 0 atom stereocenters. The molecule has 0 unspecified atom stereocenters. The molecule has 2 rings (SSSR count). The third-order valence-electron chi connectivity index (χ3n) is 3.94. The summed E-state index contributed by atoms with van der Waals surface area (Å²) >= 11 is 0. The van der Waals surface area contributed by atoms with Crippen molar-refractivity contribution >= 4 is 51.7 Å². The number of hydrogen-bond acceptors (Lipinski definition) is 10. The van der Waals surface area contributed by atoms with Gasteiger partial charge in [0.2, 0.25) is 20.0 Å². The molecule has 0 aliphatic carbocycles. The van der Waals surface area contributed by atoms with Crippen LogP contribution in [0.3, 0.4) is 0 Å². The fourth-order valence-corrected chi connectivity index (χ4v) is 5.45. The van der Waals surface area contributed by atoms with E-state index in [4.69, 9.17) is 0 Å². The zero-order valence-electron chi connectivity index (χ0n) is 18.6. The summed E-state index contributed by atoms with van der Waals surface area (Å²) in [4.78, 5) is -1.43. The van der Waals surface area contributed by atoms with Crippen molar-refractivity contribution in [2.24, 2.45) is 0 Å². The molecular weight excluding hydrogens is 554 g/mol. The van der Waals surface area contributed by atoms with E-state index in [0.717, 1.165) is 24.6 Å². The van der Waals surface area contributed by atoms with Gasteiger partial charge in [-0.3, -0.25) is 9.44 Å². The maximum Gasteiger partial charge on any atom is 1.00 e. The van der Waals surface area contributed by atoms with E-state index in [2.05, 4.69) is 0 Å². The molecule has 34 heavy (non-hydrogen) atoms. The van der Waals surface area contributed by atoms with E-state index >= 15 is 0 Å². The number of aryl methyl sites for hydroxylation is 2. The van der Waals surface area contributed by atoms with Gasteiger partial charge >= 0.3 is 59.1 Å². The minimum absolute atomic E-state index is 0. The molecule has 0 aliphatic rings. The zero-order chi connectivity index (χ0) is 24.5. The smallest absolute Gasteiger partial charge is 0.744 e. The van der Waals surface area contributed by atoms with Gasteiger partial charge in [-0.1, -0.05) is 12.1 Å². The summed E-state index contributed by atoms with van der Waals surface area (Å²) in [6, 6.07) is 6.48. The topological polar surface area (TPSA) is 207 Å². The average Bonchev–Trinajstić information content (AvgIpc) is 2.57. The van der Waals surface area contributed by atoms with Crippen LogP contribution in [0.5, 0.6) is 0 Å². The Bertz CT molecular complexity index is 1360. The summed E-state index contributed by atoms with van der Waals surface area (Å²) < 4.78 is 119. The number of benzene rings is 2. The monoisotopic (exact) mass is 572 g/mol. The van der Waals surface area contributed by atoms with Crippen LogP contribution in [0.1, 0.15) is 11.1 Å². The molecule has 0 bridgehead atoms. The molecule has 0 aliphatic heterocycles. The maximum atomic E-state index is 11.6. The van der Waals surface area contributed by atoms with Gasteiger partial charge in [0.25, 0.3) is 0 Å². The first-order valence-electron chi connectivity index (χ1n) is 8.48. The molecule has 0 heterocycles. The molecule has 0 radical (unpaired) electrons. The Morgan fingerprint density at radius 2 is 0.912 bits per heavy atom. The van der Waals surface area contributed by atoms with Crippen LogP contribution in [-0.4, -0.2) is 55.3 Å². The van der Waals surface area contributed by atoms with E-state index in [1.54, 1.807) is 0 Å². The Hall–Kier alpha value is -0.240. The molecule has 0 amide bonds. The summed E-state index contributed by atoms with van der Waals surface area (Å²) in [5.41, 5.74) is -0.396. The molecule has 0 saturated heterocycles. The standard InChI is InChI=1S/C16H20N2O10S4.2Na/c1-29(19,20)17-13-7-5-11(15(9-13)31(23,24)25)3-4-12-6-8-14(18-30(2,21)22)10-16(12)32(26,27)28;;/h5-10,17-18H,3-4H2,1-2H3,(H,23,24,25)(H,26,27,28);;/q;2*+1/p-2. The van der Waals surface area contributed by atoms with Gasteiger partial charge in [0, 0.05) is 11.4 Å². The van der Waals surface area contributed by atoms with Gasteiger partial charge in [-0.05, 0) is 48.2 Å². The Morgan fingerprint density at radius 3 is 1.15 bits per heavy atom. The first kappa shape index (κ1) is 33.8.